The predicted molar refractivity (Wildman–Crippen MR) is 229 cm³/mol. The first-order chi connectivity index (χ1) is 28.0. The molecule has 0 aliphatic rings. The molecule has 0 aliphatic heterocycles. The summed E-state index contributed by atoms with van der Waals surface area (Å²) in [7, 11) is 0. The summed E-state index contributed by atoms with van der Waals surface area (Å²) < 4.78 is 29.1. The predicted octanol–water partition coefficient (Wildman–Crippen LogP) is 11.9. The molecule has 0 atom stereocenters. The number of nitrogens with zero attached hydrogens (tertiary/aromatic N) is 5. The van der Waals surface area contributed by atoms with Crippen LogP contribution in [0.5, 0.6) is 23.0 Å². The van der Waals surface area contributed by atoms with Gasteiger partial charge in [0.1, 0.15) is 34.0 Å². The normalized spacial score (nSPS) is 11.1. The van der Waals surface area contributed by atoms with Crippen LogP contribution in [0, 0.1) is 10.1 Å². The zero-order valence-electron chi connectivity index (χ0n) is 33.5. The van der Waals surface area contributed by atoms with Crippen molar-refractivity contribution in [2.75, 3.05) is 12.3 Å². The molecule has 6 rings (SSSR count). The van der Waals surface area contributed by atoms with Gasteiger partial charge in [-0.1, -0.05) is 46.4 Å². The molecule has 0 aliphatic carbocycles. The summed E-state index contributed by atoms with van der Waals surface area (Å²) in [5, 5.41) is 12.8. The Balaban J connectivity index is 0.000000234. The molecule has 4 heterocycles. The lowest BCUT2D eigenvalue weighted by Crippen LogP contribution is -2.26. The molecular formula is C40H40Cl4N6O10. The number of anilines is 1. The van der Waals surface area contributed by atoms with Crippen molar-refractivity contribution in [3.8, 4) is 23.0 Å². The highest BCUT2D eigenvalue weighted by Gasteiger charge is 2.22. The van der Waals surface area contributed by atoms with Crippen LogP contribution in [-0.2, 0) is 19.0 Å². The maximum absolute atomic E-state index is 12.3. The maximum atomic E-state index is 12.3. The Bertz CT molecular complexity index is 2520. The number of hydrogen-bond acceptors (Lipinski definition) is 13. The number of hydrogen-bond donors (Lipinski definition) is 1. The monoisotopic (exact) mass is 904 g/mol. The number of nitrogen functional groups attached to an aromatic ring is 1. The second-order valence-corrected chi connectivity index (χ2v) is 16.1. The van der Waals surface area contributed by atoms with E-state index in [2.05, 4.69) is 14.7 Å². The molecule has 2 N–H and O–H groups in total. The van der Waals surface area contributed by atoms with E-state index in [1.54, 1.807) is 97.3 Å². The highest BCUT2D eigenvalue weighted by molar-refractivity contribution is 6.38. The van der Waals surface area contributed by atoms with E-state index >= 15 is 0 Å². The van der Waals surface area contributed by atoms with E-state index in [-0.39, 0.29) is 33.2 Å². The SMILES string of the molecule is CC(C)(C)OC(=O)n1ccc2cc(Oc3c(Cl)cc(N)cc3Cl)cnc21.CC(C)(C)OC(=O)n1ccc2cc(Oc3c(Cl)cc([N+](=O)[O-])cc3Cl)cnc21.CCOC(C)=O. The van der Waals surface area contributed by atoms with Crippen molar-refractivity contribution in [3.05, 3.63) is 104 Å². The van der Waals surface area contributed by atoms with E-state index in [1.165, 1.54) is 28.5 Å². The molecule has 4 aromatic heterocycles. The number of carbonyl (C=O) groups is 3. The standard InChI is InChI=1S/C18H15Cl2N3O5.C18H17Cl2N3O3.C4H8O2/c1-18(2,3)28-17(24)22-5-4-10-6-12(9-21-16(10)22)27-15-13(19)7-11(23(25)26)8-14(15)20;1-18(2,3)26-17(24)23-5-4-10-6-12(9-22-16(10)23)25-15-13(19)7-11(21)8-14(15)20;1-3-6-4(2)5/h4-9H,1-3H3;4-9H,21H2,1-3H3;3H2,1-2H3. The molecule has 0 spiro atoms. The average Bonchev–Trinajstić information content (AvgIpc) is 3.74. The fourth-order valence-electron chi connectivity index (χ4n) is 4.90. The van der Waals surface area contributed by atoms with Gasteiger partial charge in [-0.3, -0.25) is 14.9 Å². The Morgan fingerprint density at radius 1 is 0.717 bits per heavy atom. The van der Waals surface area contributed by atoms with E-state index < -0.39 is 28.3 Å². The fraction of sp³-hybridized carbons (Fsp3) is 0.275. The third kappa shape index (κ3) is 12.8. The number of ether oxygens (including phenoxy) is 5. The number of rotatable bonds is 6. The molecule has 0 bridgehead atoms. The van der Waals surface area contributed by atoms with Gasteiger partial charge in [-0.2, -0.15) is 0 Å². The van der Waals surface area contributed by atoms with E-state index in [9.17, 15) is 24.5 Å². The quantitative estimate of drug-likeness (QED) is 0.0544. The Labute approximate surface area is 364 Å². The zero-order chi connectivity index (χ0) is 44.7. The lowest BCUT2D eigenvalue weighted by molar-refractivity contribution is -0.384. The molecule has 0 saturated heterocycles. The van der Waals surface area contributed by atoms with Gasteiger partial charge in [0.05, 0.1) is 44.0 Å². The average molecular weight is 907 g/mol. The molecule has 0 saturated carbocycles. The van der Waals surface area contributed by atoms with Crippen LogP contribution >= 0.6 is 46.4 Å². The number of aromatic nitrogens is 4. The van der Waals surface area contributed by atoms with Crippen molar-refractivity contribution in [1.82, 2.24) is 19.1 Å². The largest absolute Gasteiger partial charge is 0.466 e. The Hall–Kier alpha value is -5.81. The molecule has 318 valence electrons. The summed E-state index contributed by atoms with van der Waals surface area (Å²) in [5.74, 6) is 0.870. The Morgan fingerprint density at radius 3 is 1.42 bits per heavy atom. The lowest BCUT2D eigenvalue weighted by Gasteiger charge is -2.19. The van der Waals surface area contributed by atoms with Gasteiger partial charge in [0, 0.05) is 47.9 Å². The molecule has 20 heteroatoms. The van der Waals surface area contributed by atoms with Crippen molar-refractivity contribution in [2.45, 2.75) is 66.6 Å². The number of nitrogens with two attached hydrogens (primary N) is 1. The van der Waals surface area contributed by atoms with Crippen LogP contribution in [0.25, 0.3) is 22.1 Å². The molecule has 60 heavy (non-hydrogen) atoms. The summed E-state index contributed by atoms with van der Waals surface area (Å²) >= 11 is 24.4. The van der Waals surface area contributed by atoms with Crippen molar-refractivity contribution < 1.29 is 43.0 Å². The number of halogens is 4. The van der Waals surface area contributed by atoms with Crippen molar-refractivity contribution >= 4 is 98.0 Å². The second kappa shape index (κ2) is 19.5. The van der Waals surface area contributed by atoms with Crippen LogP contribution in [-0.4, -0.2) is 60.0 Å². The first kappa shape index (κ1) is 46.9. The third-order valence-corrected chi connectivity index (χ3v) is 8.31. The Morgan fingerprint density at radius 2 is 1.10 bits per heavy atom. The zero-order valence-corrected chi connectivity index (χ0v) is 36.6. The van der Waals surface area contributed by atoms with E-state index in [0.717, 1.165) is 12.1 Å². The minimum atomic E-state index is -0.639. The van der Waals surface area contributed by atoms with E-state index in [1.807, 2.05) is 0 Å². The minimum absolute atomic E-state index is 0.00868. The molecule has 0 amide bonds. The molecule has 0 unspecified atom stereocenters. The van der Waals surface area contributed by atoms with Crippen LogP contribution < -0.4 is 15.2 Å². The van der Waals surface area contributed by atoms with Gasteiger partial charge in [0.25, 0.3) is 5.69 Å². The van der Waals surface area contributed by atoms with E-state index in [4.69, 9.17) is 71.1 Å². The van der Waals surface area contributed by atoms with E-state index in [0.29, 0.717) is 55.9 Å². The van der Waals surface area contributed by atoms with Crippen LogP contribution in [0.2, 0.25) is 20.1 Å². The minimum Gasteiger partial charge on any atom is -0.466 e. The second-order valence-electron chi connectivity index (χ2n) is 14.4. The summed E-state index contributed by atoms with van der Waals surface area (Å²) in [6.45, 7) is 14.4. The van der Waals surface area contributed by atoms with Crippen molar-refractivity contribution in [2.24, 2.45) is 0 Å². The number of nitro groups is 1. The van der Waals surface area contributed by atoms with Gasteiger partial charge in [-0.15, -0.1) is 0 Å². The highest BCUT2D eigenvalue weighted by Crippen LogP contribution is 2.40. The molecular weight excluding hydrogens is 866 g/mol. The Kier molecular flexibility index (Phi) is 15.2. The molecule has 6 aromatic rings. The van der Waals surface area contributed by atoms with Crippen LogP contribution in [0.3, 0.4) is 0 Å². The van der Waals surface area contributed by atoms with Crippen LogP contribution in [0.4, 0.5) is 21.0 Å². The molecule has 0 radical (unpaired) electrons. The first-order valence-electron chi connectivity index (χ1n) is 17.7. The van der Waals surface area contributed by atoms with Gasteiger partial charge in [0.2, 0.25) is 0 Å². The van der Waals surface area contributed by atoms with Gasteiger partial charge < -0.3 is 29.4 Å². The van der Waals surface area contributed by atoms with Gasteiger partial charge in [-0.25, -0.2) is 28.7 Å². The first-order valence-corrected chi connectivity index (χ1v) is 19.3. The number of esters is 1. The third-order valence-electron chi connectivity index (χ3n) is 7.19. The lowest BCUT2D eigenvalue weighted by atomic mass is 10.2. The topological polar surface area (TPSA) is 202 Å². The van der Waals surface area contributed by atoms with Gasteiger partial charge >= 0.3 is 18.2 Å². The smallest absolute Gasteiger partial charge is 0.420 e. The summed E-state index contributed by atoms with van der Waals surface area (Å²) in [6.07, 6.45) is 4.95. The van der Waals surface area contributed by atoms with Gasteiger partial charge in [0.15, 0.2) is 11.5 Å². The fourth-order valence-corrected chi connectivity index (χ4v) is 6.04. The number of nitro benzene ring substituents is 1. The maximum Gasteiger partial charge on any atom is 0.420 e. The highest BCUT2D eigenvalue weighted by atomic mass is 35.5. The van der Waals surface area contributed by atoms with Crippen molar-refractivity contribution in [1.29, 1.82) is 0 Å². The number of benzene rings is 2. The summed E-state index contributed by atoms with van der Waals surface area (Å²) in [6, 6.07) is 12.2. The number of fused-ring (bicyclic) bond motifs is 2. The van der Waals surface area contributed by atoms with Crippen LogP contribution in [0.15, 0.2) is 73.3 Å². The number of carbonyl (C=O) groups excluding carboxylic acids is 3. The van der Waals surface area contributed by atoms with Crippen molar-refractivity contribution in [3.63, 3.8) is 0 Å². The number of pyridine rings is 2. The van der Waals surface area contributed by atoms with Gasteiger partial charge in [-0.05, 0) is 84.9 Å². The molecule has 16 nitrogen and oxygen atoms in total. The summed E-state index contributed by atoms with van der Waals surface area (Å²) in [4.78, 5) is 53.1. The molecule has 2 aromatic carbocycles. The van der Waals surface area contributed by atoms with Crippen LogP contribution in [0.1, 0.15) is 55.4 Å². The number of non-ortho nitro benzene ring substituents is 1. The summed E-state index contributed by atoms with van der Waals surface area (Å²) in [5.41, 5.74) is 5.50. The molecule has 0 fully saturated rings.